The third kappa shape index (κ3) is 5.84. The first-order chi connectivity index (χ1) is 16.6. The number of nitrogens with zero attached hydrogens (tertiary/aromatic N) is 4. The Hall–Kier alpha value is -4.21. The lowest BCUT2D eigenvalue weighted by molar-refractivity contribution is -0.137. The van der Waals surface area contributed by atoms with E-state index in [1.165, 1.54) is 12.1 Å². The number of hydrogen-bond acceptors (Lipinski definition) is 5. The van der Waals surface area contributed by atoms with Crippen molar-refractivity contribution in [1.82, 2.24) is 19.5 Å². The van der Waals surface area contributed by atoms with Crippen LogP contribution in [0.3, 0.4) is 0 Å². The van der Waals surface area contributed by atoms with Crippen LogP contribution in [0.25, 0.3) is 5.82 Å². The molecule has 2 aromatic carbocycles. The molecule has 0 aliphatic rings. The van der Waals surface area contributed by atoms with Gasteiger partial charge in [-0.25, -0.2) is 9.97 Å². The van der Waals surface area contributed by atoms with Crippen LogP contribution >= 0.6 is 0 Å². The van der Waals surface area contributed by atoms with E-state index in [2.05, 4.69) is 20.3 Å². The summed E-state index contributed by atoms with van der Waals surface area (Å²) in [6.07, 6.45) is -2.95. The lowest BCUT2D eigenvalue weighted by Crippen LogP contribution is -2.15. The maximum Gasteiger partial charge on any atom is 0.416 e. The highest BCUT2D eigenvalue weighted by Crippen LogP contribution is 2.30. The average Bonchev–Trinajstić information content (AvgIpc) is 3.12. The van der Waals surface area contributed by atoms with Gasteiger partial charge in [0.1, 0.15) is 23.7 Å². The SMILES string of the molecule is Cc1nc(Oc2ccc(NC(=O)Cc3cccc(C(F)(F)F)c3)cc2)cc(-n2cnc(C)c2C)n1. The van der Waals surface area contributed by atoms with Gasteiger partial charge in [0.25, 0.3) is 0 Å². The summed E-state index contributed by atoms with van der Waals surface area (Å²) >= 11 is 0. The standard InChI is InChI=1S/C25H22F3N5O2/c1-15-16(2)33(14-29-15)22-13-24(31-17(3)30-22)35-21-9-7-20(8-10-21)32-23(34)12-18-5-4-6-19(11-18)25(26,27)28/h4-11,13-14H,12H2,1-3H3,(H,32,34). The normalized spacial score (nSPS) is 11.4. The predicted octanol–water partition coefficient (Wildman–Crippen LogP) is 5.58. The first-order valence-corrected chi connectivity index (χ1v) is 10.7. The highest BCUT2D eigenvalue weighted by atomic mass is 19.4. The Morgan fingerprint density at radius 2 is 1.77 bits per heavy atom. The van der Waals surface area contributed by atoms with Gasteiger partial charge in [0.2, 0.25) is 11.8 Å². The van der Waals surface area contributed by atoms with Gasteiger partial charge in [0.15, 0.2) is 0 Å². The minimum absolute atomic E-state index is 0.182. The van der Waals surface area contributed by atoms with E-state index in [0.29, 0.717) is 29.0 Å². The van der Waals surface area contributed by atoms with Crippen LogP contribution in [0, 0.1) is 20.8 Å². The molecule has 1 amide bonds. The Morgan fingerprint density at radius 1 is 1.03 bits per heavy atom. The molecule has 2 heterocycles. The third-order valence-corrected chi connectivity index (χ3v) is 5.28. The summed E-state index contributed by atoms with van der Waals surface area (Å²) in [5, 5.41) is 2.68. The molecule has 0 saturated heterocycles. The number of aromatic nitrogens is 4. The number of rotatable bonds is 6. The zero-order chi connectivity index (χ0) is 25.2. The highest BCUT2D eigenvalue weighted by molar-refractivity contribution is 5.92. The zero-order valence-electron chi connectivity index (χ0n) is 19.2. The second kappa shape index (κ2) is 9.57. The monoisotopic (exact) mass is 481 g/mol. The first-order valence-electron chi connectivity index (χ1n) is 10.7. The van der Waals surface area contributed by atoms with Gasteiger partial charge in [-0.15, -0.1) is 0 Å². The Morgan fingerprint density at radius 3 is 2.43 bits per heavy atom. The number of alkyl halides is 3. The number of imidazole rings is 1. The molecule has 180 valence electrons. The van der Waals surface area contributed by atoms with Gasteiger partial charge in [-0.3, -0.25) is 9.36 Å². The Kier molecular flexibility index (Phi) is 6.54. The van der Waals surface area contributed by atoms with E-state index in [4.69, 9.17) is 4.74 Å². The molecular formula is C25H22F3N5O2. The molecule has 0 unspecified atom stereocenters. The number of aryl methyl sites for hydroxylation is 2. The van der Waals surface area contributed by atoms with E-state index >= 15 is 0 Å². The molecule has 2 aromatic heterocycles. The predicted molar refractivity (Wildman–Crippen MR) is 124 cm³/mol. The summed E-state index contributed by atoms with van der Waals surface area (Å²) in [5.41, 5.74) is 1.83. The maximum atomic E-state index is 12.9. The van der Waals surface area contributed by atoms with Gasteiger partial charge >= 0.3 is 6.18 Å². The molecule has 0 spiro atoms. The smallest absolute Gasteiger partial charge is 0.416 e. The highest BCUT2D eigenvalue weighted by Gasteiger charge is 2.30. The maximum absolute atomic E-state index is 12.9. The molecule has 10 heteroatoms. The topological polar surface area (TPSA) is 81.9 Å². The molecule has 0 fully saturated rings. The van der Waals surface area contributed by atoms with Crippen molar-refractivity contribution < 1.29 is 22.7 Å². The summed E-state index contributed by atoms with van der Waals surface area (Å²) in [5.74, 6) is 1.56. The van der Waals surface area contributed by atoms with E-state index < -0.39 is 17.6 Å². The van der Waals surface area contributed by atoms with E-state index in [1.54, 1.807) is 43.6 Å². The van der Waals surface area contributed by atoms with E-state index in [9.17, 15) is 18.0 Å². The fourth-order valence-corrected chi connectivity index (χ4v) is 3.41. The summed E-state index contributed by atoms with van der Waals surface area (Å²) in [6, 6.07) is 13.0. The van der Waals surface area contributed by atoms with Crippen LogP contribution in [-0.4, -0.2) is 25.4 Å². The number of anilines is 1. The molecule has 0 atom stereocenters. The quantitative estimate of drug-likeness (QED) is 0.389. The second-order valence-electron chi connectivity index (χ2n) is 7.95. The van der Waals surface area contributed by atoms with E-state index in [1.807, 2.05) is 18.4 Å². The Balaban J connectivity index is 1.42. The lowest BCUT2D eigenvalue weighted by Gasteiger charge is -2.11. The summed E-state index contributed by atoms with van der Waals surface area (Å²) in [4.78, 5) is 25.4. The molecule has 0 bridgehead atoms. The number of carbonyl (C=O) groups excluding carboxylic acids is 1. The van der Waals surface area contributed by atoms with Gasteiger partial charge < -0.3 is 10.1 Å². The number of ether oxygens (including phenoxy) is 1. The summed E-state index contributed by atoms with van der Waals surface area (Å²) in [6.45, 7) is 5.62. The van der Waals surface area contributed by atoms with Crippen LogP contribution in [0.4, 0.5) is 18.9 Å². The van der Waals surface area contributed by atoms with Crippen molar-refractivity contribution in [1.29, 1.82) is 0 Å². The Bertz CT molecular complexity index is 1360. The van der Waals surface area contributed by atoms with E-state index in [-0.39, 0.29) is 12.0 Å². The van der Waals surface area contributed by atoms with Gasteiger partial charge in [0, 0.05) is 17.4 Å². The number of nitrogens with one attached hydrogen (secondary N) is 1. The molecular weight excluding hydrogens is 459 g/mol. The molecule has 1 N–H and O–H groups in total. The van der Waals surface area contributed by atoms with Crippen molar-refractivity contribution in [3.63, 3.8) is 0 Å². The summed E-state index contributed by atoms with van der Waals surface area (Å²) in [7, 11) is 0. The van der Waals surface area contributed by atoms with Crippen molar-refractivity contribution in [2.75, 3.05) is 5.32 Å². The van der Waals surface area contributed by atoms with Crippen LogP contribution in [0.2, 0.25) is 0 Å². The van der Waals surface area contributed by atoms with Crippen molar-refractivity contribution in [2.45, 2.75) is 33.4 Å². The van der Waals surface area contributed by atoms with Gasteiger partial charge in [-0.05, 0) is 56.7 Å². The molecule has 4 rings (SSSR count). The molecule has 35 heavy (non-hydrogen) atoms. The van der Waals surface area contributed by atoms with Crippen LogP contribution < -0.4 is 10.1 Å². The molecule has 0 aliphatic heterocycles. The van der Waals surface area contributed by atoms with Gasteiger partial charge in [0.05, 0.1) is 17.7 Å². The first kappa shape index (κ1) is 23.9. The van der Waals surface area contributed by atoms with Gasteiger partial charge in [-0.1, -0.05) is 18.2 Å². The molecule has 4 aromatic rings. The number of benzene rings is 2. The van der Waals surface area contributed by atoms with Crippen molar-refractivity contribution in [3.05, 3.63) is 89.3 Å². The largest absolute Gasteiger partial charge is 0.439 e. The summed E-state index contributed by atoms with van der Waals surface area (Å²) < 4.78 is 46.3. The number of amides is 1. The number of hydrogen-bond donors (Lipinski definition) is 1. The lowest BCUT2D eigenvalue weighted by atomic mass is 10.1. The molecule has 0 aliphatic carbocycles. The van der Waals surface area contributed by atoms with Crippen molar-refractivity contribution in [3.8, 4) is 17.4 Å². The third-order valence-electron chi connectivity index (χ3n) is 5.28. The van der Waals surface area contributed by atoms with Crippen LogP contribution in [-0.2, 0) is 17.4 Å². The Labute approximate surface area is 199 Å². The zero-order valence-corrected chi connectivity index (χ0v) is 19.2. The minimum atomic E-state index is -4.46. The average molecular weight is 481 g/mol. The van der Waals surface area contributed by atoms with Crippen LogP contribution in [0.15, 0.2) is 60.9 Å². The minimum Gasteiger partial charge on any atom is -0.439 e. The fourth-order valence-electron chi connectivity index (χ4n) is 3.41. The van der Waals surface area contributed by atoms with Crippen molar-refractivity contribution >= 4 is 11.6 Å². The molecule has 0 radical (unpaired) electrons. The van der Waals surface area contributed by atoms with Crippen molar-refractivity contribution in [2.24, 2.45) is 0 Å². The second-order valence-corrected chi connectivity index (χ2v) is 7.95. The van der Waals surface area contributed by atoms with Crippen LogP contribution in [0.5, 0.6) is 11.6 Å². The fraction of sp³-hybridized carbons (Fsp3) is 0.200. The van der Waals surface area contributed by atoms with E-state index in [0.717, 1.165) is 23.5 Å². The number of halogens is 3. The number of carbonyl (C=O) groups is 1. The molecule has 0 saturated carbocycles. The molecule has 7 nitrogen and oxygen atoms in total. The van der Waals surface area contributed by atoms with Gasteiger partial charge in [-0.2, -0.15) is 18.2 Å². The van der Waals surface area contributed by atoms with Crippen LogP contribution in [0.1, 0.15) is 28.3 Å².